The average Bonchev–Trinajstić information content (AvgIpc) is 3.11. The monoisotopic (exact) mass is 421 g/mol. The molecule has 2 heterocycles. The summed E-state index contributed by atoms with van der Waals surface area (Å²) in [6.07, 6.45) is 0. The van der Waals surface area contributed by atoms with E-state index in [1.54, 1.807) is 28.4 Å². The Morgan fingerprint density at radius 3 is 2.29 bits per heavy atom. The van der Waals surface area contributed by atoms with E-state index in [-0.39, 0.29) is 6.03 Å². The van der Waals surface area contributed by atoms with Gasteiger partial charge >= 0.3 is 6.03 Å². The highest BCUT2D eigenvalue weighted by molar-refractivity contribution is 7.89. The molecule has 1 fully saturated rings. The maximum Gasteiger partial charge on any atom is 0.317 e. The van der Waals surface area contributed by atoms with Crippen LogP contribution in [0.2, 0.25) is 0 Å². The van der Waals surface area contributed by atoms with E-state index in [1.165, 1.54) is 9.87 Å². The van der Waals surface area contributed by atoms with Crippen molar-refractivity contribution in [3.8, 4) is 0 Å². The SMILES string of the molecule is Cc1ccsc1CNC(=O)N1CCN(S(=O)(=O)c2ccc(C(C)C)cc2)CC1. The summed E-state index contributed by atoms with van der Waals surface area (Å²) in [6.45, 7) is 8.07. The zero-order valence-corrected chi connectivity index (χ0v) is 18.1. The summed E-state index contributed by atoms with van der Waals surface area (Å²) < 4.78 is 27.2. The second-order valence-electron chi connectivity index (χ2n) is 7.30. The topological polar surface area (TPSA) is 69.7 Å². The van der Waals surface area contributed by atoms with Crippen LogP contribution < -0.4 is 5.32 Å². The molecule has 6 nitrogen and oxygen atoms in total. The average molecular weight is 422 g/mol. The number of aryl methyl sites for hydroxylation is 1. The second kappa shape index (κ2) is 8.63. The number of urea groups is 1. The second-order valence-corrected chi connectivity index (χ2v) is 10.2. The number of rotatable bonds is 5. The fraction of sp³-hybridized carbons (Fsp3) is 0.450. The Balaban J connectivity index is 1.56. The zero-order valence-electron chi connectivity index (χ0n) is 16.5. The van der Waals surface area contributed by atoms with Crippen LogP contribution in [0.4, 0.5) is 4.79 Å². The lowest BCUT2D eigenvalue weighted by molar-refractivity contribution is 0.172. The van der Waals surface area contributed by atoms with E-state index in [0.29, 0.717) is 43.5 Å². The van der Waals surface area contributed by atoms with E-state index in [2.05, 4.69) is 19.2 Å². The van der Waals surface area contributed by atoms with Crippen molar-refractivity contribution < 1.29 is 13.2 Å². The van der Waals surface area contributed by atoms with E-state index in [1.807, 2.05) is 30.5 Å². The van der Waals surface area contributed by atoms with Gasteiger partial charge in [0.15, 0.2) is 0 Å². The Morgan fingerprint density at radius 1 is 1.11 bits per heavy atom. The molecule has 28 heavy (non-hydrogen) atoms. The maximum atomic E-state index is 12.9. The van der Waals surface area contributed by atoms with Crippen molar-refractivity contribution in [3.63, 3.8) is 0 Å². The van der Waals surface area contributed by atoms with E-state index in [4.69, 9.17) is 0 Å². The van der Waals surface area contributed by atoms with Crippen molar-refractivity contribution in [2.75, 3.05) is 26.2 Å². The van der Waals surface area contributed by atoms with Gasteiger partial charge in [0.2, 0.25) is 10.0 Å². The van der Waals surface area contributed by atoms with Crippen LogP contribution in [0.25, 0.3) is 0 Å². The van der Waals surface area contributed by atoms with Gasteiger partial charge in [-0.2, -0.15) is 4.31 Å². The molecule has 1 aromatic carbocycles. The number of hydrogen-bond acceptors (Lipinski definition) is 4. The highest BCUT2D eigenvalue weighted by Gasteiger charge is 2.30. The van der Waals surface area contributed by atoms with Crippen LogP contribution in [0.5, 0.6) is 0 Å². The number of hydrogen-bond donors (Lipinski definition) is 1. The molecule has 0 atom stereocenters. The third-order valence-corrected chi connectivity index (χ3v) is 8.01. The predicted octanol–water partition coefficient (Wildman–Crippen LogP) is 3.40. The Labute approximate surface area is 171 Å². The van der Waals surface area contributed by atoms with Crippen LogP contribution >= 0.6 is 11.3 Å². The number of piperazine rings is 1. The molecule has 0 saturated carbocycles. The zero-order chi connectivity index (χ0) is 20.3. The van der Waals surface area contributed by atoms with Gasteiger partial charge in [0.25, 0.3) is 0 Å². The van der Waals surface area contributed by atoms with Crippen molar-refractivity contribution in [2.24, 2.45) is 0 Å². The van der Waals surface area contributed by atoms with Gasteiger partial charge in [-0.1, -0.05) is 26.0 Å². The number of nitrogens with one attached hydrogen (secondary N) is 1. The van der Waals surface area contributed by atoms with Crippen LogP contribution in [-0.2, 0) is 16.6 Å². The quantitative estimate of drug-likeness (QED) is 0.804. The molecule has 0 spiro atoms. The standard InChI is InChI=1S/C20H27N3O3S2/c1-15(2)17-4-6-18(7-5-17)28(25,26)23-11-9-22(10-12-23)20(24)21-14-19-16(3)8-13-27-19/h4-8,13,15H,9-12,14H2,1-3H3,(H,21,24). The minimum atomic E-state index is -3.53. The van der Waals surface area contributed by atoms with Crippen LogP contribution in [0.1, 0.15) is 35.8 Å². The van der Waals surface area contributed by atoms with Gasteiger partial charge in [0, 0.05) is 31.1 Å². The first-order valence-corrected chi connectivity index (χ1v) is 11.8. The molecule has 3 rings (SSSR count). The van der Waals surface area contributed by atoms with E-state index >= 15 is 0 Å². The summed E-state index contributed by atoms with van der Waals surface area (Å²) in [5.74, 6) is 0.358. The lowest BCUT2D eigenvalue weighted by Gasteiger charge is -2.34. The molecule has 2 amide bonds. The van der Waals surface area contributed by atoms with E-state index < -0.39 is 10.0 Å². The van der Waals surface area contributed by atoms with E-state index in [0.717, 1.165) is 10.4 Å². The summed E-state index contributed by atoms with van der Waals surface area (Å²) in [4.78, 5) is 15.5. The summed E-state index contributed by atoms with van der Waals surface area (Å²) in [5, 5.41) is 4.94. The summed E-state index contributed by atoms with van der Waals surface area (Å²) in [6, 6.07) is 8.97. The fourth-order valence-corrected chi connectivity index (χ4v) is 5.43. The molecular weight excluding hydrogens is 394 g/mol. The number of carbonyl (C=O) groups excluding carboxylic acids is 1. The summed E-state index contributed by atoms with van der Waals surface area (Å²) >= 11 is 1.62. The third kappa shape index (κ3) is 4.56. The number of benzene rings is 1. The van der Waals surface area contributed by atoms with Crippen molar-refractivity contribution in [3.05, 3.63) is 51.7 Å². The number of amides is 2. The minimum absolute atomic E-state index is 0.147. The molecule has 2 aromatic rings. The van der Waals surface area contributed by atoms with Gasteiger partial charge < -0.3 is 10.2 Å². The Bertz CT molecular complexity index is 912. The van der Waals surface area contributed by atoms with Crippen LogP contribution in [0.3, 0.4) is 0 Å². The molecule has 1 aliphatic heterocycles. The van der Waals surface area contributed by atoms with Crippen molar-refractivity contribution in [1.82, 2.24) is 14.5 Å². The third-order valence-electron chi connectivity index (χ3n) is 5.08. The molecule has 0 unspecified atom stereocenters. The van der Waals surface area contributed by atoms with Crippen LogP contribution in [0.15, 0.2) is 40.6 Å². The molecule has 0 bridgehead atoms. The highest BCUT2D eigenvalue weighted by atomic mass is 32.2. The van der Waals surface area contributed by atoms with Crippen molar-refractivity contribution >= 4 is 27.4 Å². The highest BCUT2D eigenvalue weighted by Crippen LogP contribution is 2.21. The normalized spacial score (nSPS) is 15.8. The van der Waals surface area contributed by atoms with Gasteiger partial charge in [0.05, 0.1) is 11.4 Å². The van der Waals surface area contributed by atoms with Gasteiger partial charge in [-0.15, -0.1) is 11.3 Å². The van der Waals surface area contributed by atoms with Gasteiger partial charge in [-0.05, 0) is 47.5 Å². The first kappa shape index (κ1) is 20.8. The molecule has 0 radical (unpaired) electrons. The van der Waals surface area contributed by atoms with Gasteiger partial charge in [0.1, 0.15) is 0 Å². The predicted molar refractivity (Wildman–Crippen MR) is 112 cm³/mol. The lowest BCUT2D eigenvalue weighted by atomic mass is 10.0. The maximum absolute atomic E-state index is 12.9. The number of carbonyl (C=O) groups is 1. The number of sulfonamides is 1. The van der Waals surface area contributed by atoms with Crippen molar-refractivity contribution in [1.29, 1.82) is 0 Å². The molecule has 1 saturated heterocycles. The minimum Gasteiger partial charge on any atom is -0.333 e. The molecule has 8 heteroatoms. The molecule has 0 aliphatic carbocycles. The van der Waals surface area contributed by atoms with Crippen LogP contribution in [0, 0.1) is 6.92 Å². The Morgan fingerprint density at radius 2 is 1.75 bits per heavy atom. The molecule has 152 valence electrons. The molecule has 1 aromatic heterocycles. The first-order valence-electron chi connectivity index (χ1n) is 9.45. The Kier molecular flexibility index (Phi) is 6.42. The molecular formula is C20H27N3O3S2. The van der Waals surface area contributed by atoms with Crippen LogP contribution in [-0.4, -0.2) is 49.8 Å². The fourth-order valence-electron chi connectivity index (χ4n) is 3.16. The van der Waals surface area contributed by atoms with E-state index in [9.17, 15) is 13.2 Å². The van der Waals surface area contributed by atoms with Gasteiger partial charge in [-0.3, -0.25) is 0 Å². The number of thiophene rings is 1. The number of nitrogens with zero attached hydrogens (tertiary/aromatic N) is 2. The molecule has 1 aliphatic rings. The summed E-state index contributed by atoms with van der Waals surface area (Å²) in [7, 11) is -3.53. The first-order chi connectivity index (χ1) is 13.3. The largest absolute Gasteiger partial charge is 0.333 e. The Hall–Kier alpha value is -1.90. The lowest BCUT2D eigenvalue weighted by Crippen LogP contribution is -2.52. The summed E-state index contributed by atoms with van der Waals surface area (Å²) in [5.41, 5.74) is 2.28. The molecule has 1 N–H and O–H groups in total. The smallest absolute Gasteiger partial charge is 0.317 e. The van der Waals surface area contributed by atoms with Crippen molar-refractivity contribution in [2.45, 2.75) is 38.1 Å². The van der Waals surface area contributed by atoms with Gasteiger partial charge in [-0.25, -0.2) is 13.2 Å².